The molecule has 0 radical (unpaired) electrons. The monoisotopic (exact) mass is 387 g/mol. The van der Waals surface area contributed by atoms with Crippen LogP contribution in [0.4, 0.5) is 21.5 Å². The first-order chi connectivity index (χ1) is 13.9. The van der Waals surface area contributed by atoms with Crippen LogP contribution in [0.25, 0.3) is 44.6 Å². The lowest BCUT2D eigenvalue weighted by atomic mass is 10.1. The van der Waals surface area contributed by atoms with Crippen molar-refractivity contribution < 1.29 is 4.39 Å². The number of hydrogen-bond donors (Lipinski definition) is 4. The van der Waals surface area contributed by atoms with Crippen molar-refractivity contribution in [3.8, 4) is 22.6 Å². The molecule has 0 atom stereocenters. The van der Waals surface area contributed by atoms with E-state index in [1.807, 2.05) is 23.9 Å². The van der Waals surface area contributed by atoms with E-state index >= 15 is 0 Å². The molecule has 2 aromatic carbocycles. The Labute approximate surface area is 165 Å². The Morgan fingerprint density at radius 3 is 2.59 bits per heavy atom. The third kappa shape index (κ3) is 2.49. The van der Waals surface area contributed by atoms with Gasteiger partial charge < -0.3 is 26.8 Å². The highest BCUT2D eigenvalue weighted by Crippen LogP contribution is 2.38. The highest BCUT2D eigenvalue weighted by molar-refractivity contribution is 6.03. The molecule has 0 spiro atoms. The summed E-state index contributed by atoms with van der Waals surface area (Å²) in [4.78, 5) is 12.5. The zero-order valence-electron chi connectivity index (χ0n) is 15.6. The van der Waals surface area contributed by atoms with Gasteiger partial charge in [-0.15, -0.1) is 0 Å². The number of rotatable bonds is 2. The van der Waals surface area contributed by atoms with Crippen LogP contribution >= 0.6 is 0 Å². The minimum Gasteiger partial charge on any atom is -0.398 e. The molecular weight excluding hydrogens is 369 g/mol. The van der Waals surface area contributed by atoms with Gasteiger partial charge >= 0.3 is 0 Å². The second-order valence-electron chi connectivity index (χ2n) is 6.98. The van der Waals surface area contributed by atoms with Gasteiger partial charge in [-0.05, 0) is 36.4 Å². The third-order valence-corrected chi connectivity index (χ3v) is 5.16. The van der Waals surface area contributed by atoms with Crippen molar-refractivity contribution in [2.24, 2.45) is 7.05 Å². The van der Waals surface area contributed by atoms with Crippen molar-refractivity contribution in [3.63, 3.8) is 0 Å². The Bertz CT molecular complexity index is 1410. The van der Waals surface area contributed by atoms with Crippen LogP contribution in [0.1, 0.15) is 0 Å². The number of benzene rings is 2. The van der Waals surface area contributed by atoms with Crippen LogP contribution in [0.5, 0.6) is 0 Å². The molecular formula is C21H18FN7. The van der Waals surface area contributed by atoms with Crippen molar-refractivity contribution >= 4 is 39.0 Å². The molecule has 0 fully saturated rings. The van der Waals surface area contributed by atoms with Crippen LogP contribution in [0.2, 0.25) is 0 Å². The van der Waals surface area contributed by atoms with E-state index in [0.717, 1.165) is 21.9 Å². The molecule has 0 aliphatic rings. The molecule has 0 aliphatic carbocycles. The maximum Gasteiger partial charge on any atom is 0.166 e. The van der Waals surface area contributed by atoms with Gasteiger partial charge in [0.05, 0.1) is 22.6 Å². The molecule has 0 bridgehead atoms. The highest BCUT2D eigenvalue weighted by Gasteiger charge is 2.19. The van der Waals surface area contributed by atoms with Gasteiger partial charge in [0.25, 0.3) is 0 Å². The molecule has 5 aromatic rings. The normalized spacial score (nSPS) is 11.5. The Hall–Kier alpha value is -4.07. The maximum atomic E-state index is 14.0. The summed E-state index contributed by atoms with van der Waals surface area (Å²) in [7, 11) is 1.91. The quantitative estimate of drug-likeness (QED) is 0.344. The van der Waals surface area contributed by atoms with Gasteiger partial charge in [0.2, 0.25) is 0 Å². The van der Waals surface area contributed by atoms with Crippen LogP contribution in [0.3, 0.4) is 0 Å². The molecule has 144 valence electrons. The summed E-state index contributed by atoms with van der Waals surface area (Å²) in [6.07, 6.45) is 3.71. The van der Waals surface area contributed by atoms with E-state index in [0.29, 0.717) is 39.8 Å². The molecule has 7 N–H and O–H groups in total. The lowest BCUT2D eigenvalue weighted by Crippen LogP contribution is -2.04. The van der Waals surface area contributed by atoms with E-state index in [1.54, 1.807) is 24.4 Å². The molecule has 0 aliphatic heterocycles. The minimum absolute atomic E-state index is 0.311. The number of hydrogen-bond acceptors (Lipinski definition) is 5. The van der Waals surface area contributed by atoms with Gasteiger partial charge in [0, 0.05) is 47.0 Å². The fourth-order valence-electron chi connectivity index (χ4n) is 3.71. The van der Waals surface area contributed by atoms with Gasteiger partial charge in [0.15, 0.2) is 5.82 Å². The number of aromatic nitrogens is 4. The van der Waals surface area contributed by atoms with Crippen molar-refractivity contribution in [1.29, 1.82) is 0 Å². The number of nitrogen functional groups attached to an aromatic ring is 3. The van der Waals surface area contributed by atoms with Crippen molar-refractivity contribution in [1.82, 2.24) is 19.5 Å². The largest absolute Gasteiger partial charge is 0.398 e. The van der Waals surface area contributed by atoms with Gasteiger partial charge in [-0.2, -0.15) is 0 Å². The molecule has 8 heteroatoms. The predicted molar refractivity (Wildman–Crippen MR) is 114 cm³/mol. The average Bonchev–Trinajstić information content (AvgIpc) is 3.29. The summed E-state index contributed by atoms with van der Waals surface area (Å²) in [6.45, 7) is 0. The second-order valence-corrected chi connectivity index (χ2v) is 6.98. The van der Waals surface area contributed by atoms with E-state index in [4.69, 9.17) is 22.2 Å². The fraction of sp³-hybridized carbons (Fsp3) is 0.0476. The summed E-state index contributed by atoms with van der Waals surface area (Å²) in [5.41, 5.74) is 22.9. The van der Waals surface area contributed by atoms with E-state index in [2.05, 4.69) is 9.97 Å². The molecule has 0 unspecified atom stereocenters. The zero-order valence-corrected chi connectivity index (χ0v) is 15.6. The number of aromatic amines is 1. The average molecular weight is 387 g/mol. The summed E-state index contributed by atoms with van der Waals surface area (Å²) in [5, 5.41) is 1.57. The predicted octanol–water partition coefficient (Wildman–Crippen LogP) is 3.67. The lowest BCUT2D eigenvalue weighted by Gasteiger charge is -2.12. The summed E-state index contributed by atoms with van der Waals surface area (Å²) in [5.74, 6) is 0.0412. The SMILES string of the molecule is Cn1cc(-c2nc(-c3c(N)ccc(N)c3N)nc3[nH]ccc23)c2cc(F)ccc21. The van der Waals surface area contributed by atoms with E-state index in [1.165, 1.54) is 12.1 Å². The van der Waals surface area contributed by atoms with Crippen molar-refractivity contribution in [3.05, 3.63) is 54.6 Å². The number of nitrogens with one attached hydrogen (secondary N) is 1. The molecule has 0 saturated carbocycles. The van der Waals surface area contributed by atoms with E-state index in [9.17, 15) is 4.39 Å². The maximum absolute atomic E-state index is 14.0. The van der Waals surface area contributed by atoms with Crippen LogP contribution in [-0.2, 0) is 7.05 Å². The molecule has 29 heavy (non-hydrogen) atoms. The molecule has 0 saturated heterocycles. The summed E-state index contributed by atoms with van der Waals surface area (Å²) < 4.78 is 15.9. The number of halogens is 1. The number of H-pyrrole nitrogens is 1. The number of aryl methyl sites for hydroxylation is 1. The lowest BCUT2D eigenvalue weighted by molar-refractivity contribution is 0.629. The second kappa shape index (κ2) is 5.96. The Kier molecular flexibility index (Phi) is 3.51. The van der Waals surface area contributed by atoms with Gasteiger partial charge in [-0.3, -0.25) is 0 Å². The topological polar surface area (TPSA) is 125 Å². The van der Waals surface area contributed by atoms with Crippen molar-refractivity contribution in [2.75, 3.05) is 17.2 Å². The first-order valence-electron chi connectivity index (χ1n) is 8.98. The highest BCUT2D eigenvalue weighted by atomic mass is 19.1. The van der Waals surface area contributed by atoms with E-state index < -0.39 is 0 Å². The Morgan fingerprint density at radius 2 is 1.76 bits per heavy atom. The molecule has 5 rings (SSSR count). The molecule has 0 amide bonds. The van der Waals surface area contributed by atoms with Gasteiger partial charge in [0.1, 0.15) is 11.5 Å². The molecule has 3 heterocycles. The van der Waals surface area contributed by atoms with Gasteiger partial charge in [-0.25, -0.2) is 14.4 Å². The number of fused-ring (bicyclic) bond motifs is 2. The summed E-state index contributed by atoms with van der Waals surface area (Å²) in [6, 6.07) is 9.91. The van der Waals surface area contributed by atoms with Gasteiger partial charge in [-0.1, -0.05) is 0 Å². The van der Waals surface area contributed by atoms with E-state index in [-0.39, 0.29) is 5.82 Å². The third-order valence-electron chi connectivity index (χ3n) is 5.16. The fourth-order valence-corrected chi connectivity index (χ4v) is 3.71. The van der Waals surface area contributed by atoms with Crippen LogP contribution in [-0.4, -0.2) is 19.5 Å². The number of nitrogens with two attached hydrogens (primary N) is 3. The van der Waals surface area contributed by atoms with Crippen LogP contribution in [0, 0.1) is 5.82 Å². The number of anilines is 3. The Balaban J connectivity index is 1.87. The summed E-state index contributed by atoms with van der Waals surface area (Å²) >= 11 is 0. The smallest absolute Gasteiger partial charge is 0.166 e. The zero-order chi connectivity index (χ0) is 20.3. The molecule has 3 aromatic heterocycles. The minimum atomic E-state index is -0.311. The van der Waals surface area contributed by atoms with Crippen LogP contribution < -0.4 is 17.2 Å². The first-order valence-corrected chi connectivity index (χ1v) is 8.98. The van der Waals surface area contributed by atoms with Crippen LogP contribution in [0.15, 0.2) is 48.8 Å². The standard InChI is InChI=1S/C21H18FN7/c1-29-9-13(12-8-10(22)2-5-16(12)29)19-11-6-7-26-20(11)28-21(27-19)17-14(23)3-4-15(24)18(17)25/h2-9H,23-25H2,1H3,(H,26,27,28). The number of nitrogens with zero attached hydrogens (tertiary/aromatic N) is 3. The Morgan fingerprint density at radius 1 is 0.966 bits per heavy atom. The van der Waals surface area contributed by atoms with Crippen molar-refractivity contribution in [2.45, 2.75) is 0 Å². The first kappa shape index (κ1) is 17.1. The molecule has 7 nitrogen and oxygen atoms in total.